The smallest absolute Gasteiger partial charge is 0.243 e. The second-order valence-electron chi connectivity index (χ2n) is 10.8. The molecular formula is C31H27FN4O5S. The Morgan fingerprint density at radius 3 is 2.60 bits per heavy atom. The first-order chi connectivity index (χ1) is 20.2. The number of aromatic nitrogens is 3. The Kier molecular flexibility index (Phi) is 6.25. The Labute approximate surface area is 242 Å². The number of carbonyl (C=O) groups is 1. The molecule has 3 aliphatic rings. The molecule has 1 fully saturated rings. The molecule has 0 spiro atoms. The third-order valence-corrected chi connectivity index (χ3v) is 10.0. The van der Waals surface area contributed by atoms with Crippen molar-refractivity contribution in [2.45, 2.75) is 24.7 Å². The topological polar surface area (TPSA) is 104 Å². The zero-order chi connectivity index (χ0) is 29.1. The molecule has 9 nitrogen and oxygen atoms in total. The average molecular weight is 587 g/mol. The van der Waals surface area contributed by atoms with E-state index in [0.29, 0.717) is 36.8 Å². The number of hydrogen-bond donors (Lipinski definition) is 0. The van der Waals surface area contributed by atoms with Crippen LogP contribution >= 0.6 is 0 Å². The monoisotopic (exact) mass is 586 g/mol. The lowest BCUT2D eigenvalue weighted by atomic mass is 9.65. The Balaban J connectivity index is 1.31. The predicted molar refractivity (Wildman–Crippen MR) is 152 cm³/mol. The molecular weight excluding hydrogens is 559 g/mol. The number of piperidine rings is 1. The number of sulfonamides is 1. The van der Waals surface area contributed by atoms with E-state index >= 15 is 0 Å². The van der Waals surface area contributed by atoms with Crippen LogP contribution < -0.4 is 9.47 Å². The summed E-state index contributed by atoms with van der Waals surface area (Å²) < 4.78 is 55.9. The van der Waals surface area contributed by atoms with Crippen LogP contribution in [0.25, 0.3) is 11.8 Å². The number of rotatable bonds is 5. The molecule has 1 atom stereocenters. The molecule has 0 N–H and O–H groups in total. The fourth-order valence-electron chi connectivity index (χ4n) is 6.05. The van der Waals surface area contributed by atoms with Gasteiger partial charge in [0.15, 0.2) is 17.3 Å². The molecule has 2 aromatic carbocycles. The lowest BCUT2D eigenvalue weighted by molar-refractivity contribution is 0.0770. The van der Waals surface area contributed by atoms with Crippen LogP contribution in [0.2, 0.25) is 0 Å². The van der Waals surface area contributed by atoms with Gasteiger partial charge in [0.05, 0.1) is 27.9 Å². The summed E-state index contributed by atoms with van der Waals surface area (Å²) in [5.41, 5.74) is 3.08. The number of nitrogens with zero attached hydrogens (tertiary/aromatic N) is 4. The molecule has 0 bridgehead atoms. The molecule has 11 heteroatoms. The Morgan fingerprint density at radius 2 is 1.81 bits per heavy atom. The van der Waals surface area contributed by atoms with E-state index in [1.165, 1.54) is 28.6 Å². The molecule has 4 aromatic rings. The van der Waals surface area contributed by atoms with Gasteiger partial charge in [0.1, 0.15) is 24.7 Å². The SMILES string of the molecule is Cc1ccnc(C(=O)[C@@]23Cc4cnn(-c5ccc(F)cc5)c4C=C2CCN(S(=O)(=O)c2ccc4c(c2)OCCO4)C3)c1. The summed E-state index contributed by atoms with van der Waals surface area (Å²) in [4.78, 5) is 18.9. The van der Waals surface area contributed by atoms with E-state index in [1.54, 1.807) is 41.3 Å². The largest absolute Gasteiger partial charge is 0.486 e. The minimum atomic E-state index is -3.99. The number of ether oxygens (including phenoxy) is 2. The number of aryl methyl sites for hydroxylation is 1. The maximum Gasteiger partial charge on any atom is 0.243 e. The Morgan fingerprint density at radius 1 is 1.02 bits per heavy atom. The molecule has 1 aliphatic carbocycles. The number of carbonyl (C=O) groups excluding carboxylic acids is 1. The van der Waals surface area contributed by atoms with Gasteiger partial charge in [0.2, 0.25) is 10.0 Å². The first-order valence-electron chi connectivity index (χ1n) is 13.7. The molecule has 2 aromatic heterocycles. The standard InChI is InChI=1S/C31H27FN4O5S/c1-20-8-10-33-26(14-20)30(37)31-17-21-18-34-36(24-4-2-23(32)3-5-24)27(21)15-22(31)9-11-35(19-31)42(38,39)25-6-7-28-29(16-25)41-13-12-40-28/h2-8,10,14-16,18H,9,11-13,17,19H2,1H3/t31-/m1/s1. The van der Waals surface area contributed by atoms with Crippen LogP contribution in [0.5, 0.6) is 11.5 Å². The van der Waals surface area contributed by atoms with Crippen molar-refractivity contribution >= 4 is 21.9 Å². The van der Waals surface area contributed by atoms with Gasteiger partial charge in [-0.25, -0.2) is 17.5 Å². The van der Waals surface area contributed by atoms with Crippen LogP contribution in [0.3, 0.4) is 0 Å². The van der Waals surface area contributed by atoms with Crippen LogP contribution in [-0.2, 0) is 16.4 Å². The minimum Gasteiger partial charge on any atom is -0.486 e. The van der Waals surface area contributed by atoms with Gasteiger partial charge in [-0.15, -0.1) is 0 Å². The third-order valence-electron chi connectivity index (χ3n) is 8.19. The molecule has 42 heavy (non-hydrogen) atoms. The second-order valence-corrected chi connectivity index (χ2v) is 12.8. The molecule has 0 amide bonds. The molecule has 7 rings (SSSR count). The van der Waals surface area contributed by atoms with Crippen molar-refractivity contribution in [3.8, 4) is 17.2 Å². The van der Waals surface area contributed by atoms with Gasteiger partial charge in [-0.1, -0.05) is 5.57 Å². The van der Waals surface area contributed by atoms with E-state index in [2.05, 4.69) is 10.1 Å². The van der Waals surface area contributed by atoms with E-state index in [4.69, 9.17) is 9.47 Å². The molecule has 4 heterocycles. The molecule has 2 aliphatic heterocycles. The van der Waals surface area contributed by atoms with E-state index in [9.17, 15) is 17.6 Å². The van der Waals surface area contributed by atoms with Crippen molar-refractivity contribution in [2.75, 3.05) is 26.3 Å². The van der Waals surface area contributed by atoms with Crippen molar-refractivity contribution in [2.24, 2.45) is 5.41 Å². The fraction of sp³-hybridized carbons (Fsp3) is 0.258. The average Bonchev–Trinajstić information content (AvgIpc) is 3.41. The number of fused-ring (bicyclic) bond motifs is 3. The molecule has 1 saturated heterocycles. The summed E-state index contributed by atoms with van der Waals surface area (Å²) in [6.45, 7) is 2.77. The van der Waals surface area contributed by atoms with Crippen molar-refractivity contribution in [1.29, 1.82) is 0 Å². The zero-order valence-corrected chi connectivity index (χ0v) is 23.6. The quantitative estimate of drug-likeness (QED) is 0.320. The lowest BCUT2D eigenvalue weighted by Crippen LogP contribution is -2.53. The van der Waals surface area contributed by atoms with Crippen LogP contribution in [0.4, 0.5) is 4.39 Å². The third kappa shape index (κ3) is 4.31. The first-order valence-corrected chi connectivity index (χ1v) is 15.1. The highest BCUT2D eigenvalue weighted by atomic mass is 32.2. The van der Waals surface area contributed by atoms with Crippen LogP contribution in [0.1, 0.15) is 33.7 Å². The summed E-state index contributed by atoms with van der Waals surface area (Å²) in [7, 11) is -3.99. The molecule has 0 unspecified atom stereocenters. The second kappa shape index (κ2) is 9.88. The van der Waals surface area contributed by atoms with Crippen molar-refractivity contribution in [3.63, 3.8) is 0 Å². The summed E-state index contributed by atoms with van der Waals surface area (Å²) in [5.74, 6) is 0.295. The highest BCUT2D eigenvalue weighted by molar-refractivity contribution is 7.89. The Hall–Kier alpha value is -4.35. The number of ketones is 1. The fourth-order valence-corrected chi connectivity index (χ4v) is 7.56. The number of Topliss-reactive ketones (excluding diaryl/α,β-unsaturated/α-hetero) is 1. The molecule has 0 saturated carbocycles. The lowest BCUT2D eigenvalue weighted by Gasteiger charge is -2.44. The number of halogens is 1. The van der Waals surface area contributed by atoms with Gasteiger partial charge in [-0.2, -0.15) is 9.40 Å². The minimum absolute atomic E-state index is 0.0504. The van der Waals surface area contributed by atoms with E-state index in [0.717, 1.165) is 22.4 Å². The maximum atomic E-state index is 14.4. The Bertz CT molecular complexity index is 1870. The van der Waals surface area contributed by atoms with Gasteiger partial charge in [0, 0.05) is 25.4 Å². The zero-order valence-electron chi connectivity index (χ0n) is 22.8. The number of benzene rings is 2. The molecule has 0 radical (unpaired) electrons. The predicted octanol–water partition coefficient (Wildman–Crippen LogP) is 4.39. The van der Waals surface area contributed by atoms with Crippen LogP contribution in [-0.4, -0.2) is 59.6 Å². The van der Waals surface area contributed by atoms with E-state index in [-0.39, 0.29) is 41.7 Å². The summed E-state index contributed by atoms with van der Waals surface area (Å²) >= 11 is 0. The maximum absolute atomic E-state index is 14.4. The van der Waals surface area contributed by atoms with Gasteiger partial charge in [-0.3, -0.25) is 9.78 Å². The van der Waals surface area contributed by atoms with Crippen LogP contribution in [0, 0.1) is 18.2 Å². The van der Waals surface area contributed by atoms with E-state index in [1.807, 2.05) is 19.1 Å². The van der Waals surface area contributed by atoms with Crippen molar-refractivity contribution in [3.05, 3.63) is 101 Å². The number of pyridine rings is 1. The van der Waals surface area contributed by atoms with E-state index < -0.39 is 15.4 Å². The highest BCUT2D eigenvalue weighted by Crippen LogP contribution is 2.47. The number of hydrogen-bond acceptors (Lipinski definition) is 7. The van der Waals surface area contributed by atoms with Crippen molar-refractivity contribution in [1.82, 2.24) is 19.1 Å². The van der Waals surface area contributed by atoms with Crippen molar-refractivity contribution < 1.29 is 27.1 Å². The van der Waals surface area contributed by atoms with Gasteiger partial charge >= 0.3 is 0 Å². The van der Waals surface area contributed by atoms with Gasteiger partial charge in [0.25, 0.3) is 0 Å². The summed E-state index contributed by atoms with van der Waals surface area (Å²) in [6, 6.07) is 14.2. The summed E-state index contributed by atoms with van der Waals surface area (Å²) in [6.07, 6.45) is 5.82. The molecule has 214 valence electrons. The van der Waals surface area contributed by atoms with Gasteiger partial charge in [-0.05, 0) is 85.5 Å². The summed E-state index contributed by atoms with van der Waals surface area (Å²) in [5, 5.41) is 4.55. The normalized spacial score (nSPS) is 19.9. The van der Waals surface area contributed by atoms with Crippen LogP contribution in [0.15, 0.2) is 77.5 Å². The highest BCUT2D eigenvalue weighted by Gasteiger charge is 2.51. The van der Waals surface area contributed by atoms with Gasteiger partial charge < -0.3 is 9.47 Å². The first kappa shape index (κ1) is 26.5.